The van der Waals surface area contributed by atoms with Crippen LogP contribution in [0.15, 0.2) is 59.7 Å². The van der Waals surface area contributed by atoms with E-state index in [4.69, 9.17) is 0 Å². The van der Waals surface area contributed by atoms with Crippen LogP contribution in [0.2, 0.25) is 0 Å². The Morgan fingerprint density at radius 1 is 1.06 bits per heavy atom. The van der Waals surface area contributed by atoms with E-state index >= 15 is 0 Å². The van der Waals surface area contributed by atoms with Gasteiger partial charge in [-0.15, -0.1) is 5.10 Å². The maximum Gasteiger partial charge on any atom is 0.276 e. The number of H-pyrrole nitrogens is 1. The normalized spacial score (nSPS) is 21.2. The Balaban J connectivity index is 1.22. The van der Waals surface area contributed by atoms with E-state index in [0.29, 0.717) is 22.3 Å². The molecule has 6 rings (SSSR count). The number of amides is 2. The smallest absolute Gasteiger partial charge is 0.276 e. The molecular weight excluding hydrogens is 458 g/mol. The van der Waals surface area contributed by atoms with Crippen LogP contribution in [0.5, 0.6) is 0 Å². The van der Waals surface area contributed by atoms with Gasteiger partial charge >= 0.3 is 0 Å². The third-order valence-corrected chi connectivity index (χ3v) is 7.66. The second-order valence-electron chi connectivity index (χ2n) is 9.68. The average Bonchev–Trinajstić information content (AvgIpc) is 3.59. The summed E-state index contributed by atoms with van der Waals surface area (Å²) in [6, 6.07) is 13.0. The summed E-state index contributed by atoms with van der Waals surface area (Å²) in [5.74, 6) is 0.201. The minimum atomic E-state index is -0.276. The molecule has 2 fully saturated rings. The zero-order valence-corrected chi connectivity index (χ0v) is 20.2. The molecule has 2 atom stereocenters. The number of fused-ring (bicyclic) bond motifs is 3. The first-order chi connectivity index (χ1) is 17.4. The van der Waals surface area contributed by atoms with Crippen LogP contribution in [-0.4, -0.2) is 71.2 Å². The minimum Gasteiger partial charge on any atom is -0.339 e. The number of aromatic nitrogens is 5. The molecule has 2 aliphatic rings. The number of carbonyl (C=O) groups is 2. The zero-order chi connectivity index (χ0) is 25.0. The number of hydrogen-bond acceptors (Lipinski definition) is 5. The van der Waals surface area contributed by atoms with Gasteiger partial charge in [0.25, 0.3) is 17.4 Å². The maximum absolute atomic E-state index is 13.7. The van der Waals surface area contributed by atoms with Crippen LogP contribution in [0.25, 0.3) is 11.5 Å². The number of benzene rings is 1. The Morgan fingerprint density at radius 3 is 2.50 bits per heavy atom. The average molecular weight is 486 g/mol. The molecule has 2 bridgehead atoms. The van der Waals surface area contributed by atoms with E-state index in [0.717, 1.165) is 25.7 Å². The number of hydrogen-bond donors (Lipinski definition) is 1. The van der Waals surface area contributed by atoms with Crippen molar-refractivity contribution in [3.05, 3.63) is 82.0 Å². The van der Waals surface area contributed by atoms with Crippen molar-refractivity contribution in [1.82, 2.24) is 34.2 Å². The molecule has 2 saturated heterocycles. The summed E-state index contributed by atoms with van der Waals surface area (Å²) in [5.41, 5.74) is 1.96. The molecule has 2 amide bonds. The second kappa shape index (κ2) is 8.47. The third-order valence-electron chi connectivity index (χ3n) is 7.66. The summed E-state index contributed by atoms with van der Waals surface area (Å²) in [4.78, 5) is 45.6. The fourth-order valence-corrected chi connectivity index (χ4v) is 5.75. The fourth-order valence-electron chi connectivity index (χ4n) is 5.75. The summed E-state index contributed by atoms with van der Waals surface area (Å²) in [6.07, 6.45) is 6.60. The largest absolute Gasteiger partial charge is 0.339 e. The van der Waals surface area contributed by atoms with Gasteiger partial charge in [-0.2, -0.15) is 5.10 Å². The Kier molecular flexibility index (Phi) is 5.24. The van der Waals surface area contributed by atoms with Crippen molar-refractivity contribution in [1.29, 1.82) is 0 Å². The molecule has 10 nitrogen and oxygen atoms in total. The third kappa shape index (κ3) is 3.52. The summed E-state index contributed by atoms with van der Waals surface area (Å²) in [5, 5.41) is 8.80. The van der Waals surface area contributed by atoms with E-state index < -0.39 is 0 Å². The van der Waals surface area contributed by atoms with Crippen molar-refractivity contribution in [2.24, 2.45) is 0 Å². The molecule has 5 heterocycles. The highest BCUT2D eigenvalue weighted by Crippen LogP contribution is 2.39. The van der Waals surface area contributed by atoms with Crippen molar-refractivity contribution in [2.75, 3.05) is 7.05 Å². The van der Waals surface area contributed by atoms with Gasteiger partial charge in [-0.3, -0.25) is 19.4 Å². The highest BCUT2D eigenvalue weighted by Gasteiger charge is 2.45. The van der Waals surface area contributed by atoms with Gasteiger partial charge in [0.2, 0.25) is 5.95 Å². The van der Waals surface area contributed by atoms with E-state index in [1.165, 1.54) is 9.20 Å². The van der Waals surface area contributed by atoms with Gasteiger partial charge < -0.3 is 9.80 Å². The molecule has 3 aromatic heterocycles. The van der Waals surface area contributed by atoms with Gasteiger partial charge in [-0.05, 0) is 56.9 Å². The van der Waals surface area contributed by atoms with E-state index in [1.54, 1.807) is 31.5 Å². The van der Waals surface area contributed by atoms with Crippen molar-refractivity contribution in [2.45, 2.75) is 50.7 Å². The van der Waals surface area contributed by atoms with Crippen LogP contribution in [0.1, 0.15) is 52.1 Å². The first-order valence-corrected chi connectivity index (χ1v) is 12.2. The summed E-state index contributed by atoms with van der Waals surface area (Å²) in [7, 11) is 1.86. The minimum absolute atomic E-state index is 0.0121. The van der Waals surface area contributed by atoms with Crippen LogP contribution in [0, 0.1) is 6.92 Å². The molecule has 2 aliphatic heterocycles. The van der Waals surface area contributed by atoms with Crippen molar-refractivity contribution >= 4 is 17.3 Å². The molecule has 0 aliphatic carbocycles. The standard InChI is InChI=1S/C26H27N7O3/c1-16-21(15-27-33(16)26-28-23(34)22-9-6-12-31(22)29-26)25(36)32-18-10-11-19(32)14-20(13-18)30(2)24(35)17-7-4-3-5-8-17/h3-9,12,15,18-20H,10-11,13-14H2,1-2H3,(H,28,29,34). The molecule has 1 N–H and O–H groups in total. The summed E-state index contributed by atoms with van der Waals surface area (Å²) >= 11 is 0. The Labute approximate surface area is 207 Å². The lowest BCUT2D eigenvalue weighted by Crippen LogP contribution is -2.52. The summed E-state index contributed by atoms with van der Waals surface area (Å²) < 4.78 is 2.99. The predicted octanol–water partition coefficient (Wildman–Crippen LogP) is 2.42. The van der Waals surface area contributed by atoms with Crippen LogP contribution in [0.4, 0.5) is 0 Å². The monoisotopic (exact) mass is 485 g/mol. The number of aromatic amines is 1. The Bertz CT molecular complexity index is 1510. The Morgan fingerprint density at radius 2 is 1.78 bits per heavy atom. The molecule has 0 saturated carbocycles. The second-order valence-corrected chi connectivity index (χ2v) is 9.68. The maximum atomic E-state index is 13.7. The molecule has 184 valence electrons. The molecule has 1 aromatic carbocycles. The lowest BCUT2D eigenvalue weighted by molar-refractivity contribution is 0.0406. The first kappa shape index (κ1) is 22.3. The zero-order valence-electron chi connectivity index (χ0n) is 20.2. The van der Waals surface area contributed by atoms with E-state index in [-0.39, 0.29) is 41.4 Å². The van der Waals surface area contributed by atoms with Crippen LogP contribution >= 0.6 is 0 Å². The van der Waals surface area contributed by atoms with Gasteiger partial charge in [0.1, 0.15) is 5.52 Å². The van der Waals surface area contributed by atoms with Crippen LogP contribution in [0.3, 0.4) is 0 Å². The van der Waals surface area contributed by atoms with Gasteiger partial charge in [-0.25, -0.2) is 9.20 Å². The molecule has 0 spiro atoms. The number of nitrogens with one attached hydrogen (secondary N) is 1. The first-order valence-electron chi connectivity index (χ1n) is 12.2. The highest BCUT2D eigenvalue weighted by atomic mass is 16.2. The number of carbonyl (C=O) groups excluding carboxylic acids is 2. The fraction of sp³-hybridized carbons (Fsp3) is 0.346. The number of rotatable bonds is 4. The van der Waals surface area contributed by atoms with E-state index in [2.05, 4.69) is 15.2 Å². The number of piperidine rings is 1. The number of nitrogens with zero attached hydrogens (tertiary/aromatic N) is 6. The van der Waals surface area contributed by atoms with Crippen LogP contribution < -0.4 is 5.56 Å². The molecule has 4 aromatic rings. The highest BCUT2D eigenvalue weighted by molar-refractivity contribution is 5.96. The van der Waals surface area contributed by atoms with Gasteiger partial charge in [0.05, 0.1) is 17.5 Å². The quantitative estimate of drug-likeness (QED) is 0.478. The van der Waals surface area contributed by atoms with E-state index in [1.807, 2.05) is 47.2 Å². The Hall–Kier alpha value is -4.21. The predicted molar refractivity (Wildman–Crippen MR) is 132 cm³/mol. The lowest BCUT2D eigenvalue weighted by Gasteiger charge is -2.42. The topological polar surface area (TPSA) is 109 Å². The van der Waals surface area contributed by atoms with Crippen molar-refractivity contribution in [3.8, 4) is 5.95 Å². The van der Waals surface area contributed by atoms with Gasteiger partial charge in [0, 0.05) is 36.9 Å². The van der Waals surface area contributed by atoms with Gasteiger partial charge in [0.15, 0.2) is 0 Å². The molecule has 2 unspecified atom stereocenters. The molecule has 36 heavy (non-hydrogen) atoms. The summed E-state index contributed by atoms with van der Waals surface area (Å²) in [6.45, 7) is 1.81. The molecule has 10 heteroatoms. The van der Waals surface area contributed by atoms with Crippen LogP contribution in [-0.2, 0) is 0 Å². The lowest BCUT2D eigenvalue weighted by atomic mass is 9.94. The van der Waals surface area contributed by atoms with Crippen molar-refractivity contribution < 1.29 is 9.59 Å². The molecular formula is C26H27N7O3. The van der Waals surface area contributed by atoms with Crippen molar-refractivity contribution in [3.63, 3.8) is 0 Å². The van der Waals surface area contributed by atoms with Gasteiger partial charge in [-0.1, -0.05) is 18.2 Å². The molecule has 0 radical (unpaired) electrons. The SMILES string of the molecule is Cc1c(C(=O)N2C3CCC2CC(N(C)C(=O)c2ccccc2)C3)cnn1-c1nn2cccc2c(=O)[nH]1. The van der Waals surface area contributed by atoms with E-state index in [9.17, 15) is 14.4 Å².